The maximum Gasteiger partial charge on any atom is 0.407 e. The number of benzene rings is 2. The number of nitrogens with one attached hydrogen (secondary N) is 2. The summed E-state index contributed by atoms with van der Waals surface area (Å²) < 4.78 is 15.8. The van der Waals surface area contributed by atoms with Gasteiger partial charge < -0.3 is 24.8 Å². The van der Waals surface area contributed by atoms with Crippen LogP contribution in [0.5, 0.6) is 11.5 Å². The van der Waals surface area contributed by atoms with Crippen LogP contribution >= 0.6 is 0 Å². The quantitative estimate of drug-likeness (QED) is 0.727. The fraction of sp³-hybridized carbons (Fsp3) is 0.364. The van der Waals surface area contributed by atoms with E-state index in [2.05, 4.69) is 10.6 Å². The fourth-order valence-corrected chi connectivity index (χ4v) is 2.60. The smallest absolute Gasteiger partial charge is 0.407 e. The molecule has 29 heavy (non-hydrogen) atoms. The van der Waals surface area contributed by atoms with Gasteiger partial charge >= 0.3 is 6.09 Å². The van der Waals surface area contributed by atoms with Gasteiger partial charge in [-0.15, -0.1) is 0 Å². The van der Waals surface area contributed by atoms with Crippen LogP contribution in [0, 0.1) is 0 Å². The third-order valence-corrected chi connectivity index (χ3v) is 3.90. The van der Waals surface area contributed by atoms with Crippen LogP contribution in [-0.4, -0.2) is 38.4 Å². The van der Waals surface area contributed by atoms with Gasteiger partial charge in [0.1, 0.15) is 17.1 Å². The molecule has 0 saturated heterocycles. The van der Waals surface area contributed by atoms with Crippen LogP contribution in [0.2, 0.25) is 0 Å². The number of anilines is 1. The van der Waals surface area contributed by atoms with E-state index in [1.54, 1.807) is 47.1 Å². The van der Waals surface area contributed by atoms with E-state index in [4.69, 9.17) is 14.2 Å². The van der Waals surface area contributed by atoms with Crippen LogP contribution in [0.1, 0.15) is 27.2 Å². The molecule has 2 rings (SSSR count). The molecule has 0 bridgehead atoms. The summed E-state index contributed by atoms with van der Waals surface area (Å²) in [6.45, 7) is 5.53. The number of hydrogen-bond donors (Lipinski definition) is 2. The van der Waals surface area contributed by atoms with Crippen molar-refractivity contribution in [1.82, 2.24) is 5.32 Å². The molecule has 2 aromatic rings. The Balaban J connectivity index is 2.00. The molecule has 0 spiro atoms. The highest BCUT2D eigenvalue weighted by atomic mass is 16.6. The highest BCUT2D eigenvalue weighted by Crippen LogP contribution is 2.33. The number of carbonyl (C=O) groups excluding carboxylic acids is 2. The molecular weight excluding hydrogens is 372 g/mol. The molecule has 0 heterocycles. The molecule has 0 aliphatic carbocycles. The Bertz CT molecular complexity index is 841. The molecule has 2 amide bonds. The average Bonchev–Trinajstić information content (AvgIpc) is 2.66. The lowest BCUT2D eigenvalue weighted by Gasteiger charge is -2.19. The first kappa shape index (κ1) is 22.1. The third kappa shape index (κ3) is 7.03. The number of alkyl carbamates (subject to hydrolysis) is 1. The highest BCUT2D eigenvalue weighted by Gasteiger charge is 2.16. The molecular formula is C22H28N2O5. The summed E-state index contributed by atoms with van der Waals surface area (Å²) in [6, 6.07) is 13.0. The van der Waals surface area contributed by atoms with Gasteiger partial charge in [0.15, 0.2) is 0 Å². The molecule has 0 aromatic heterocycles. The van der Waals surface area contributed by atoms with Crippen molar-refractivity contribution < 1.29 is 23.8 Å². The van der Waals surface area contributed by atoms with Crippen molar-refractivity contribution in [3.63, 3.8) is 0 Å². The Morgan fingerprint density at radius 3 is 2.24 bits per heavy atom. The van der Waals surface area contributed by atoms with Crippen molar-refractivity contribution in [2.45, 2.75) is 32.8 Å². The lowest BCUT2D eigenvalue weighted by Crippen LogP contribution is -2.34. The van der Waals surface area contributed by atoms with E-state index in [-0.39, 0.29) is 18.9 Å². The van der Waals surface area contributed by atoms with Crippen molar-refractivity contribution in [2.75, 3.05) is 26.1 Å². The van der Waals surface area contributed by atoms with Gasteiger partial charge in [-0.2, -0.15) is 0 Å². The molecule has 156 valence electrons. The van der Waals surface area contributed by atoms with Crippen molar-refractivity contribution in [3.05, 3.63) is 42.5 Å². The number of carbonyl (C=O) groups is 2. The SMILES string of the molecule is COc1ccc(-c2cc(NC(=O)CCNC(=O)OC(C)(C)C)ccc2OC)cc1. The summed E-state index contributed by atoms with van der Waals surface area (Å²) in [5.41, 5.74) is 1.84. The van der Waals surface area contributed by atoms with E-state index in [1.807, 2.05) is 30.3 Å². The van der Waals surface area contributed by atoms with Gasteiger partial charge in [0.25, 0.3) is 0 Å². The first-order valence-electron chi connectivity index (χ1n) is 9.31. The summed E-state index contributed by atoms with van der Waals surface area (Å²) in [4.78, 5) is 23.8. The predicted molar refractivity (Wildman–Crippen MR) is 112 cm³/mol. The number of ether oxygens (including phenoxy) is 3. The minimum Gasteiger partial charge on any atom is -0.497 e. The van der Waals surface area contributed by atoms with Crippen LogP contribution in [0.25, 0.3) is 11.1 Å². The van der Waals surface area contributed by atoms with Crippen LogP contribution in [-0.2, 0) is 9.53 Å². The fourth-order valence-electron chi connectivity index (χ4n) is 2.60. The van der Waals surface area contributed by atoms with E-state index in [1.165, 1.54) is 0 Å². The minimum absolute atomic E-state index is 0.128. The van der Waals surface area contributed by atoms with Gasteiger partial charge in [0, 0.05) is 24.2 Å². The second-order valence-electron chi connectivity index (χ2n) is 7.37. The third-order valence-electron chi connectivity index (χ3n) is 3.90. The molecule has 2 N–H and O–H groups in total. The Morgan fingerprint density at radius 1 is 0.966 bits per heavy atom. The Hall–Kier alpha value is -3.22. The number of amides is 2. The van der Waals surface area contributed by atoms with E-state index in [0.717, 1.165) is 16.9 Å². The number of rotatable bonds is 7. The first-order chi connectivity index (χ1) is 13.7. The van der Waals surface area contributed by atoms with Crippen LogP contribution in [0.15, 0.2) is 42.5 Å². The zero-order valence-electron chi connectivity index (χ0n) is 17.5. The van der Waals surface area contributed by atoms with Gasteiger partial charge in [-0.1, -0.05) is 12.1 Å². The molecule has 0 unspecified atom stereocenters. The molecule has 7 heteroatoms. The molecule has 0 atom stereocenters. The lowest BCUT2D eigenvalue weighted by molar-refractivity contribution is -0.116. The second-order valence-corrected chi connectivity index (χ2v) is 7.37. The maximum atomic E-state index is 12.2. The van der Waals surface area contributed by atoms with Crippen LogP contribution < -0.4 is 20.1 Å². The Kier molecular flexibility index (Phi) is 7.47. The van der Waals surface area contributed by atoms with Gasteiger partial charge in [-0.05, 0) is 56.7 Å². The molecule has 0 radical (unpaired) electrons. The molecule has 0 saturated carbocycles. The summed E-state index contributed by atoms with van der Waals surface area (Å²) in [5, 5.41) is 5.40. The zero-order chi connectivity index (χ0) is 21.4. The average molecular weight is 400 g/mol. The number of methoxy groups -OCH3 is 2. The number of hydrogen-bond acceptors (Lipinski definition) is 5. The van der Waals surface area contributed by atoms with E-state index >= 15 is 0 Å². The predicted octanol–water partition coefficient (Wildman–Crippen LogP) is 4.22. The Morgan fingerprint density at radius 2 is 1.66 bits per heavy atom. The zero-order valence-corrected chi connectivity index (χ0v) is 17.5. The molecule has 0 aliphatic heterocycles. The monoisotopic (exact) mass is 400 g/mol. The van der Waals surface area contributed by atoms with Crippen LogP contribution in [0.3, 0.4) is 0 Å². The van der Waals surface area contributed by atoms with Gasteiger partial charge in [-0.3, -0.25) is 4.79 Å². The molecule has 7 nitrogen and oxygen atoms in total. The minimum atomic E-state index is -0.576. The Labute approximate surface area is 171 Å². The summed E-state index contributed by atoms with van der Waals surface area (Å²) in [7, 11) is 3.21. The lowest BCUT2D eigenvalue weighted by atomic mass is 10.0. The topological polar surface area (TPSA) is 85.9 Å². The summed E-state index contributed by atoms with van der Waals surface area (Å²) in [5.74, 6) is 1.24. The van der Waals surface area contributed by atoms with Crippen molar-refractivity contribution >= 4 is 17.7 Å². The van der Waals surface area contributed by atoms with E-state index < -0.39 is 11.7 Å². The first-order valence-corrected chi connectivity index (χ1v) is 9.31. The van der Waals surface area contributed by atoms with E-state index in [0.29, 0.717) is 11.4 Å². The maximum absolute atomic E-state index is 12.2. The second kappa shape index (κ2) is 9.82. The van der Waals surface area contributed by atoms with Crippen LogP contribution in [0.4, 0.5) is 10.5 Å². The normalized spacial score (nSPS) is 10.8. The van der Waals surface area contributed by atoms with Crippen molar-refractivity contribution in [2.24, 2.45) is 0 Å². The van der Waals surface area contributed by atoms with Gasteiger partial charge in [0.2, 0.25) is 5.91 Å². The summed E-state index contributed by atoms with van der Waals surface area (Å²) in [6.07, 6.45) is -0.417. The van der Waals surface area contributed by atoms with E-state index in [9.17, 15) is 9.59 Å². The van der Waals surface area contributed by atoms with Crippen molar-refractivity contribution in [3.8, 4) is 22.6 Å². The largest absolute Gasteiger partial charge is 0.497 e. The highest BCUT2D eigenvalue weighted by molar-refractivity contribution is 5.92. The van der Waals surface area contributed by atoms with Gasteiger partial charge in [0.05, 0.1) is 14.2 Å². The standard InChI is InChI=1S/C22H28N2O5/c1-22(2,3)29-21(26)23-13-12-20(25)24-16-8-11-19(28-5)18(14-16)15-6-9-17(27-4)10-7-15/h6-11,14H,12-13H2,1-5H3,(H,23,26)(H,24,25). The molecule has 0 fully saturated rings. The summed E-state index contributed by atoms with van der Waals surface area (Å²) >= 11 is 0. The van der Waals surface area contributed by atoms with Crippen molar-refractivity contribution in [1.29, 1.82) is 0 Å². The molecule has 0 aliphatic rings. The molecule has 2 aromatic carbocycles. The van der Waals surface area contributed by atoms with Gasteiger partial charge in [-0.25, -0.2) is 4.79 Å².